The van der Waals surface area contributed by atoms with E-state index in [9.17, 15) is 4.79 Å². The zero-order valence-electron chi connectivity index (χ0n) is 12.2. The summed E-state index contributed by atoms with van der Waals surface area (Å²) in [6.07, 6.45) is 7.49. The Hall–Kier alpha value is -2.35. The highest BCUT2D eigenvalue weighted by Gasteiger charge is 2.06. The van der Waals surface area contributed by atoms with E-state index in [1.165, 1.54) is 5.56 Å². The van der Waals surface area contributed by atoms with Crippen molar-refractivity contribution in [1.29, 1.82) is 0 Å². The quantitative estimate of drug-likeness (QED) is 0.600. The molecule has 21 heavy (non-hydrogen) atoms. The third kappa shape index (κ3) is 3.60. The minimum absolute atomic E-state index is 0.606. The molecule has 2 aromatic rings. The highest BCUT2D eigenvalue weighted by molar-refractivity contribution is 6.32. The molecule has 0 spiro atoms. The van der Waals surface area contributed by atoms with Crippen molar-refractivity contribution in [2.45, 2.75) is 13.3 Å². The molecule has 0 fully saturated rings. The zero-order valence-corrected chi connectivity index (χ0v) is 12.2. The summed E-state index contributed by atoms with van der Waals surface area (Å²) in [5.74, 6) is 0. The van der Waals surface area contributed by atoms with Gasteiger partial charge in [-0.3, -0.25) is 4.79 Å². The van der Waals surface area contributed by atoms with Crippen molar-refractivity contribution in [2.75, 3.05) is 0 Å². The lowest BCUT2D eigenvalue weighted by Crippen LogP contribution is -2.06. The van der Waals surface area contributed by atoms with Gasteiger partial charge in [-0.15, -0.1) is 0 Å². The fourth-order valence-corrected chi connectivity index (χ4v) is 2.50. The van der Waals surface area contributed by atoms with Gasteiger partial charge in [0.15, 0.2) is 0 Å². The minimum Gasteiger partial charge on any atom is -0.298 e. The molecule has 2 rings (SSSR count). The van der Waals surface area contributed by atoms with Crippen LogP contribution in [0.5, 0.6) is 0 Å². The number of hydrogen-bond donors (Lipinski definition) is 0. The molecular formula is C19H17BO. The van der Waals surface area contributed by atoms with Crippen LogP contribution in [0.2, 0.25) is 0 Å². The van der Waals surface area contributed by atoms with Gasteiger partial charge in [-0.2, -0.15) is 0 Å². The second-order valence-electron chi connectivity index (χ2n) is 4.93. The van der Waals surface area contributed by atoms with Gasteiger partial charge >= 0.3 is 0 Å². The van der Waals surface area contributed by atoms with E-state index in [-0.39, 0.29) is 0 Å². The molecule has 0 aliphatic rings. The molecule has 1 nitrogen and oxygen atoms in total. The Morgan fingerprint density at radius 1 is 1.24 bits per heavy atom. The Labute approximate surface area is 127 Å². The second-order valence-corrected chi connectivity index (χ2v) is 4.93. The number of rotatable bonds is 5. The number of carbonyl (C=O) groups is 1. The Bertz CT molecular complexity index is 699. The monoisotopic (exact) mass is 272 g/mol. The molecule has 0 bridgehead atoms. The summed E-state index contributed by atoms with van der Waals surface area (Å²) in [6, 6.07) is 11.6. The van der Waals surface area contributed by atoms with Crippen LogP contribution in [0.4, 0.5) is 0 Å². The van der Waals surface area contributed by atoms with E-state index in [1.807, 2.05) is 37.3 Å². The summed E-state index contributed by atoms with van der Waals surface area (Å²) >= 11 is 0. The normalized spacial score (nSPS) is 10.7. The Balaban J connectivity index is 2.44. The van der Waals surface area contributed by atoms with E-state index in [2.05, 4.69) is 24.8 Å². The molecule has 102 valence electrons. The molecule has 0 saturated heterocycles. The van der Waals surface area contributed by atoms with Crippen LogP contribution in [-0.2, 0) is 6.42 Å². The van der Waals surface area contributed by atoms with Crippen LogP contribution >= 0.6 is 0 Å². The van der Waals surface area contributed by atoms with Crippen LogP contribution in [0.25, 0.3) is 12.2 Å². The van der Waals surface area contributed by atoms with Gasteiger partial charge in [-0.25, -0.2) is 0 Å². The Kier molecular flexibility index (Phi) is 4.94. The number of allylic oxidation sites excluding steroid dienone is 1. The molecule has 0 N–H and O–H groups in total. The topological polar surface area (TPSA) is 17.1 Å². The van der Waals surface area contributed by atoms with Gasteiger partial charge in [-0.05, 0) is 41.7 Å². The number of carbonyl (C=O) groups excluding carboxylic acids is 1. The van der Waals surface area contributed by atoms with Gasteiger partial charge in [0.1, 0.15) is 14.1 Å². The van der Waals surface area contributed by atoms with Crippen molar-refractivity contribution in [2.24, 2.45) is 0 Å². The lowest BCUT2D eigenvalue weighted by atomic mass is 9.89. The molecule has 0 aromatic heterocycles. The first kappa shape index (κ1) is 15.1. The van der Waals surface area contributed by atoms with Gasteiger partial charge < -0.3 is 0 Å². The van der Waals surface area contributed by atoms with Gasteiger partial charge in [0.25, 0.3) is 0 Å². The summed E-state index contributed by atoms with van der Waals surface area (Å²) in [4.78, 5) is 10.9. The summed E-state index contributed by atoms with van der Waals surface area (Å²) in [5.41, 5.74) is 5.67. The van der Waals surface area contributed by atoms with Gasteiger partial charge in [0.2, 0.25) is 0 Å². The second kappa shape index (κ2) is 6.89. The summed E-state index contributed by atoms with van der Waals surface area (Å²) in [5, 5.41) is 0. The summed E-state index contributed by atoms with van der Waals surface area (Å²) < 4.78 is 0. The van der Waals surface area contributed by atoms with Gasteiger partial charge in [0.05, 0.1) is 0 Å². The molecule has 2 aromatic carbocycles. The predicted molar refractivity (Wildman–Crippen MR) is 91.3 cm³/mol. The molecule has 0 atom stereocenters. The summed E-state index contributed by atoms with van der Waals surface area (Å²) in [6.45, 7) is 5.91. The largest absolute Gasteiger partial charge is 0.298 e. The van der Waals surface area contributed by atoms with E-state index in [1.54, 1.807) is 6.07 Å². The van der Waals surface area contributed by atoms with Crippen molar-refractivity contribution in [3.8, 4) is 0 Å². The van der Waals surface area contributed by atoms with Crippen LogP contribution in [0.15, 0.2) is 49.1 Å². The van der Waals surface area contributed by atoms with Crippen molar-refractivity contribution in [1.82, 2.24) is 0 Å². The van der Waals surface area contributed by atoms with Gasteiger partial charge in [-0.1, -0.05) is 60.6 Å². The zero-order chi connectivity index (χ0) is 15.2. The third-order valence-electron chi connectivity index (χ3n) is 3.35. The molecule has 0 amide bonds. The van der Waals surface area contributed by atoms with Crippen molar-refractivity contribution < 1.29 is 4.79 Å². The SMILES string of the molecule is [B]c1cc(C=O)cc(Cc2cccc(/C=C\C)c2C=C)c1. The standard InChI is InChI=1S/C19H17BO/c1-3-6-16-7-5-8-17(19(16)4-2)10-14-9-15(13-21)12-18(20)11-14/h3-9,11-13H,2,10H2,1H3/b6-3-. The predicted octanol–water partition coefficient (Wildman–Crippen LogP) is 3.56. The molecule has 0 heterocycles. The average molecular weight is 272 g/mol. The lowest BCUT2D eigenvalue weighted by molar-refractivity contribution is 0.112. The van der Waals surface area contributed by atoms with E-state index in [0.29, 0.717) is 11.0 Å². The molecule has 0 unspecified atom stereocenters. The van der Waals surface area contributed by atoms with E-state index >= 15 is 0 Å². The highest BCUT2D eigenvalue weighted by atomic mass is 16.1. The van der Waals surface area contributed by atoms with Crippen molar-refractivity contribution >= 4 is 31.7 Å². The van der Waals surface area contributed by atoms with Crippen LogP contribution in [0.1, 0.15) is 39.5 Å². The van der Waals surface area contributed by atoms with Crippen molar-refractivity contribution in [3.05, 3.63) is 76.9 Å². The highest BCUT2D eigenvalue weighted by Crippen LogP contribution is 2.21. The third-order valence-corrected chi connectivity index (χ3v) is 3.35. The van der Waals surface area contributed by atoms with Crippen LogP contribution in [-0.4, -0.2) is 14.1 Å². The van der Waals surface area contributed by atoms with Crippen LogP contribution in [0, 0.1) is 0 Å². The number of aldehydes is 1. The number of benzene rings is 2. The number of hydrogen-bond acceptors (Lipinski definition) is 1. The first-order valence-corrected chi connectivity index (χ1v) is 6.89. The molecular weight excluding hydrogens is 255 g/mol. The lowest BCUT2D eigenvalue weighted by Gasteiger charge is -2.11. The molecule has 0 aliphatic heterocycles. The first-order chi connectivity index (χ1) is 10.2. The maximum absolute atomic E-state index is 10.9. The van der Waals surface area contributed by atoms with Crippen LogP contribution < -0.4 is 5.46 Å². The summed E-state index contributed by atoms with van der Waals surface area (Å²) in [7, 11) is 5.85. The first-order valence-electron chi connectivity index (χ1n) is 6.89. The van der Waals surface area contributed by atoms with Crippen LogP contribution in [0.3, 0.4) is 0 Å². The maximum Gasteiger partial charge on any atom is 0.150 e. The van der Waals surface area contributed by atoms with Crippen molar-refractivity contribution in [3.63, 3.8) is 0 Å². The minimum atomic E-state index is 0.606. The molecule has 2 heteroatoms. The van der Waals surface area contributed by atoms with E-state index in [0.717, 1.165) is 29.4 Å². The smallest absolute Gasteiger partial charge is 0.150 e. The van der Waals surface area contributed by atoms with E-state index in [4.69, 9.17) is 7.85 Å². The van der Waals surface area contributed by atoms with Gasteiger partial charge in [0, 0.05) is 5.56 Å². The Morgan fingerprint density at radius 2 is 2.05 bits per heavy atom. The fourth-order valence-electron chi connectivity index (χ4n) is 2.50. The fraction of sp³-hybridized carbons (Fsp3) is 0.105. The maximum atomic E-state index is 10.9. The molecule has 2 radical (unpaired) electrons. The average Bonchev–Trinajstić information content (AvgIpc) is 2.47. The molecule has 0 saturated carbocycles. The van der Waals surface area contributed by atoms with E-state index < -0.39 is 0 Å². The Morgan fingerprint density at radius 3 is 2.71 bits per heavy atom. The molecule has 0 aliphatic carbocycles.